The highest BCUT2D eigenvalue weighted by Gasteiger charge is 2.34. The van der Waals surface area contributed by atoms with E-state index in [2.05, 4.69) is 16.9 Å². The molecule has 2 aromatic carbocycles. The van der Waals surface area contributed by atoms with Crippen molar-refractivity contribution in [3.8, 4) is 16.9 Å². The van der Waals surface area contributed by atoms with Gasteiger partial charge >= 0.3 is 6.36 Å². The van der Waals surface area contributed by atoms with Gasteiger partial charge < -0.3 is 4.74 Å². The van der Waals surface area contributed by atoms with Crippen LogP contribution in [0.25, 0.3) is 11.1 Å². The molecule has 0 aliphatic heterocycles. The van der Waals surface area contributed by atoms with Crippen LogP contribution in [0.2, 0.25) is 0 Å². The Morgan fingerprint density at radius 2 is 1.53 bits per heavy atom. The van der Waals surface area contributed by atoms with Gasteiger partial charge in [0.25, 0.3) is 0 Å². The highest BCUT2D eigenvalue weighted by Crippen LogP contribution is 2.34. The number of hydrogen-bond acceptors (Lipinski definition) is 1. The molecule has 0 radical (unpaired) electrons. The number of hydrogen-bond donors (Lipinski definition) is 0. The maximum Gasteiger partial charge on any atom is 0.573 e. The number of rotatable bonds is 10. The van der Waals surface area contributed by atoms with Crippen molar-refractivity contribution in [2.45, 2.75) is 64.1 Å². The molecule has 0 N–H and O–H groups in total. The summed E-state index contributed by atoms with van der Waals surface area (Å²) in [6.07, 6.45) is 8.49. The van der Waals surface area contributed by atoms with Gasteiger partial charge in [-0.05, 0) is 98.4 Å². The van der Waals surface area contributed by atoms with Gasteiger partial charge in [0.05, 0.1) is 6.67 Å². The van der Waals surface area contributed by atoms with Gasteiger partial charge in [-0.3, -0.25) is 4.39 Å². The molecule has 186 valence electrons. The van der Waals surface area contributed by atoms with Gasteiger partial charge in [-0.2, -0.15) is 0 Å². The summed E-state index contributed by atoms with van der Waals surface area (Å²) in [6.45, 7) is -0.243. The van der Waals surface area contributed by atoms with Crippen molar-refractivity contribution in [1.29, 1.82) is 0 Å². The topological polar surface area (TPSA) is 9.23 Å². The molecule has 0 saturated heterocycles. The van der Waals surface area contributed by atoms with Crippen molar-refractivity contribution in [2.24, 2.45) is 11.8 Å². The zero-order valence-electron chi connectivity index (χ0n) is 19.0. The largest absolute Gasteiger partial charge is 0.573 e. The second-order valence-corrected chi connectivity index (χ2v) is 8.95. The third kappa shape index (κ3) is 8.10. The summed E-state index contributed by atoms with van der Waals surface area (Å²) in [7, 11) is 0. The van der Waals surface area contributed by atoms with E-state index in [0.717, 1.165) is 43.4 Å². The third-order valence-corrected chi connectivity index (χ3v) is 6.40. The zero-order chi connectivity index (χ0) is 24.6. The Morgan fingerprint density at radius 1 is 0.882 bits per heavy atom. The van der Waals surface area contributed by atoms with E-state index in [0.29, 0.717) is 23.8 Å². The van der Waals surface area contributed by atoms with Crippen LogP contribution >= 0.6 is 0 Å². The molecule has 0 atom stereocenters. The Hall–Kier alpha value is -2.44. The molecular weight excluding hydrogens is 454 g/mol. The van der Waals surface area contributed by atoms with Crippen LogP contribution in [0.1, 0.15) is 56.9 Å². The lowest BCUT2D eigenvalue weighted by Crippen LogP contribution is -2.19. The minimum absolute atomic E-state index is 0.146. The van der Waals surface area contributed by atoms with Gasteiger partial charge in [-0.15, -0.1) is 13.2 Å². The van der Waals surface area contributed by atoms with Gasteiger partial charge in [-0.1, -0.05) is 36.4 Å². The second kappa shape index (κ2) is 12.3. The van der Waals surface area contributed by atoms with Crippen molar-refractivity contribution in [1.82, 2.24) is 0 Å². The average molecular weight is 485 g/mol. The van der Waals surface area contributed by atoms with E-state index in [1.165, 1.54) is 25.7 Å². The molecule has 2 aromatic rings. The van der Waals surface area contributed by atoms with E-state index in [1.54, 1.807) is 12.1 Å². The van der Waals surface area contributed by atoms with E-state index in [9.17, 15) is 26.3 Å². The number of alkyl halides is 4. The molecule has 1 aliphatic rings. The maximum absolute atomic E-state index is 14.0. The van der Waals surface area contributed by atoms with Crippen molar-refractivity contribution >= 4 is 0 Å². The summed E-state index contributed by atoms with van der Waals surface area (Å²) in [5, 5.41) is 0. The molecule has 1 fully saturated rings. The number of allylic oxidation sites excluding steroid dienone is 2. The fourth-order valence-corrected chi connectivity index (χ4v) is 4.49. The first-order valence-corrected chi connectivity index (χ1v) is 11.8. The highest BCUT2D eigenvalue weighted by molar-refractivity contribution is 5.65. The summed E-state index contributed by atoms with van der Waals surface area (Å²) in [6, 6.07) is 8.89. The molecule has 0 spiro atoms. The summed E-state index contributed by atoms with van der Waals surface area (Å²) in [5.74, 6) is -2.96. The minimum Gasteiger partial charge on any atom is -0.399 e. The third-order valence-electron chi connectivity index (χ3n) is 6.40. The molecule has 0 aromatic heterocycles. The minimum atomic E-state index is -5.17. The predicted molar refractivity (Wildman–Crippen MR) is 121 cm³/mol. The van der Waals surface area contributed by atoms with Gasteiger partial charge in [0, 0.05) is 0 Å². The number of benzene rings is 2. The normalized spacial score (nSPS) is 19.0. The standard InChI is InChI=1S/C27H30F6O/c28-16-4-2-1-3-5-19-6-8-20(9-7-19)10-11-21-12-14-22(15-13-21)23-17-24(29)26(25(30)18-23)34-27(31,32)33/h3,5,12-15,17-20H,1-2,4,6-11,16H2/t19-,20-. The first-order chi connectivity index (χ1) is 16.2. The van der Waals surface area contributed by atoms with Crippen LogP contribution in [0.15, 0.2) is 48.6 Å². The Kier molecular flexibility index (Phi) is 9.48. The fraction of sp³-hybridized carbons (Fsp3) is 0.481. The van der Waals surface area contributed by atoms with Crippen LogP contribution in [0, 0.1) is 23.5 Å². The van der Waals surface area contributed by atoms with Crippen LogP contribution in [-0.4, -0.2) is 13.0 Å². The van der Waals surface area contributed by atoms with E-state index >= 15 is 0 Å². The highest BCUT2D eigenvalue weighted by atomic mass is 19.4. The molecule has 1 nitrogen and oxygen atoms in total. The van der Waals surface area contributed by atoms with Crippen molar-refractivity contribution in [2.75, 3.05) is 6.67 Å². The Bertz CT molecular complexity index is 904. The summed E-state index contributed by atoms with van der Waals surface area (Å²) in [5.41, 5.74) is 1.77. The quantitative estimate of drug-likeness (QED) is 0.186. The number of unbranched alkanes of at least 4 members (excludes halogenated alkanes) is 2. The summed E-state index contributed by atoms with van der Waals surface area (Å²) < 4.78 is 80.5. The smallest absolute Gasteiger partial charge is 0.399 e. The van der Waals surface area contributed by atoms with Gasteiger partial charge in [0.15, 0.2) is 11.6 Å². The number of aryl methyl sites for hydroxylation is 1. The van der Waals surface area contributed by atoms with E-state index in [-0.39, 0.29) is 12.2 Å². The molecular formula is C27H30F6O. The molecule has 0 bridgehead atoms. The van der Waals surface area contributed by atoms with Gasteiger partial charge in [0.1, 0.15) is 0 Å². The van der Waals surface area contributed by atoms with Crippen LogP contribution in [-0.2, 0) is 6.42 Å². The first-order valence-electron chi connectivity index (χ1n) is 11.8. The van der Waals surface area contributed by atoms with Gasteiger partial charge in [0.2, 0.25) is 5.75 Å². The molecule has 34 heavy (non-hydrogen) atoms. The number of halogens is 6. The molecule has 3 rings (SSSR count). The van der Waals surface area contributed by atoms with Crippen LogP contribution in [0.5, 0.6) is 5.75 Å². The van der Waals surface area contributed by atoms with Crippen LogP contribution in [0.4, 0.5) is 26.3 Å². The Morgan fingerprint density at radius 3 is 2.12 bits per heavy atom. The lowest BCUT2D eigenvalue weighted by atomic mass is 9.79. The average Bonchev–Trinajstić information content (AvgIpc) is 2.80. The molecule has 1 saturated carbocycles. The van der Waals surface area contributed by atoms with Crippen LogP contribution in [0.3, 0.4) is 0 Å². The lowest BCUT2D eigenvalue weighted by Gasteiger charge is -2.26. The zero-order valence-corrected chi connectivity index (χ0v) is 19.0. The summed E-state index contributed by atoms with van der Waals surface area (Å²) in [4.78, 5) is 0. The van der Waals surface area contributed by atoms with Gasteiger partial charge in [-0.25, -0.2) is 8.78 Å². The van der Waals surface area contributed by atoms with Crippen molar-refractivity contribution in [3.05, 3.63) is 65.7 Å². The molecule has 7 heteroatoms. The molecule has 0 heterocycles. The predicted octanol–water partition coefficient (Wildman–Crippen LogP) is 8.97. The molecule has 1 aliphatic carbocycles. The van der Waals surface area contributed by atoms with Crippen LogP contribution < -0.4 is 4.74 Å². The fourth-order valence-electron chi connectivity index (χ4n) is 4.49. The lowest BCUT2D eigenvalue weighted by molar-refractivity contribution is -0.276. The Labute approximate surface area is 196 Å². The van der Waals surface area contributed by atoms with Crippen molar-refractivity contribution < 1.29 is 31.1 Å². The molecule has 0 amide bonds. The molecule has 0 unspecified atom stereocenters. The second-order valence-electron chi connectivity index (χ2n) is 8.95. The van der Waals surface area contributed by atoms with E-state index in [4.69, 9.17) is 0 Å². The maximum atomic E-state index is 14.0. The van der Waals surface area contributed by atoms with E-state index in [1.807, 2.05) is 12.1 Å². The SMILES string of the molecule is FCCCCC=C[C@H]1CC[C@H](CCc2ccc(-c3cc(F)c(OC(F)(F)F)c(F)c3)cc2)CC1. The van der Waals surface area contributed by atoms with Crippen molar-refractivity contribution in [3.63, 3.8) is 0 Å². The Balaban J connectivity index is 1.49. The van der Waals surface area contributed by atoms with E-state index < -0.39 is 23.7 Å². The summed E-state index contributed by atoms with van der Waals surface area (Å²) >= 11 is 0. The monoisotopic (exact) mass is 484 g/mol. The first kappa shape index (κ1) is 26.2. The number of ether oxygens (including phenoxy) is 1.